The van der Waals surface area contributed by atoms with E-state index in [9.17, 15) is 9.59 Å². The van der Waals surface area contributed by atoms with E-state index in [1.807, 2.05) is 29.2 Å². The van der Waals surface area contributed by atoms with Gasteiger partial charge in [-0.3, -0.25) is 9.59 Å². The van der Waals surface area contributed by atoms with Gasteiger partial charge in [0.05, 0.1) is 12.0 Å². The van der Waals surface area contributed by atoms with Crippen molar-refractivity contribution in [3.05, 3.63) is 29.8 Å². The Morgan fingerprint density at radius 3 is 2.62 bits per heavy atom. The van der Waals surface area contributed by atoms with Gasteiger partial charge in [-0.15, -0.1) is 0 Å². The van der Waals surface area contributed by atoms with E-state index < -0.39 is 5.41 Å². The number of amides is 2. The number of hydrogen-bond donors (Lipinski definition) is 2. The normalized spacial score (nSPS) is 20.0. The lowest BCUT2D eigenvalue weighted by molar-refractivity contribution is -0.136. The first-order valence-corrected chi connectivity index (χ1v) is 9.52. The van der Waals surface area contributed by atoms with Crippen molar-refractivity contribution in [2.24, 2.45) is 5.41 Å². The van der Waals surface area contributed by atoms with E-state index in [0.717, 1.165) is 56.6 Å². The van der Waals surface area contributed by atoms with Gasteiger partial charge in [0.1, 0.15) is 0 Å². The van der Waals surface area contributed by atoms with E-state index in [2.05, 4.69) is 10.6 Å². The molecular formula is C20H29N3O3. The molecule has 2 amide bonds. The number of carbonyl (C=O) groups excluding carboxylic acids is 2. The van der Waals surface area contributed by atoms with Crippen LogP contribution in [-0.4, -0.2) is 45.2 Å². The monoisotopic (exact) mass is 359 g/mol. The fourth-order valence-corrected chi connectivity index (χ4v) is 3.86. The molecule has 0 unspecified atom stereocenters. The highest BCUT2D eigenvalue weighted by Crippen LogP contribution is 2.29. The summed E-state index contributed by atoms with van der Waals surface area (Å²) in [6.07, 6.45) is 4.26. The highest BCUT2D eigenvalue weighted by molar-refractivity contribution is 5.94. The lowest BCUT2D eigenvalue weighted by atomic mass is 9.78. The molecule has 3 rings (SSSR count). The molecule has 0 aliphatic carbocycles. The molecule has 6 heteroatoms. The summed E-state index contributed by atoms with van der Waals surface area (Å²) in [6, 6.07) is 7.92. The largest absolute Gasteiger partial charge is 0.384 e. The quantitative estimate of drug-likeness (QED) is 0.813. The van der Waals surface area contributed by atoms with Crippen LogP contribution in [-0.2, 0) is 20.9 Å². The molecule has 2 aliphatic heterocycles. The first kappa shape index (κ1) is 18.9. The third kappa shape index (κ3) is 4.24. The van der Waals surface area contributed by atoms with Crippen LogP contribution in [0.3, 0.4) is 0 Å². The average molecular weight is 359 g/mol. The molecule has 6 nitrogen and oxygen atoms in total. The molecule has 0 bridgehead atoms. The minimum atomic E-state index is -0.430. The van der Waals surface area contributed by atoms with Gasteiger partial charge in [0.15, 0.2) is 0 Å². The number of anilines is 1. The second-order valence-electron chi connectivity index (χ2n) is 7.31. The number of ether oxygens (including phenoxy) is 1. The Morgan fingerprint density at radius 2 is 1.96 bits per heavy atom. The van der Waals surface area contributed by atoms with Crippen LogP contribution < -0.4 is 15.5 Å². The first-order valence-electron chi connectivity index (χ1n) is 9.52. The van der Waals surface area contributed by atoms with Gasteiger partial charge in [-0.2, -0.15) is 0 Å². The van der Waals surface area contributed by atoms with Gasteiger partial charge in [0.25, 0.3) is 0 Å². The molecule has 0 spiro atoms. The average Bonchev–Trinajstić information content (AvgIpc) is 2.68. The Kier molecular flexibility index (Phi) is 6.27. The van der Waals surface area contributed by atoms with E-state index in [1.165, 1.54) is 0 Å². The molecule has 2 saturated heterocycles. The summed E-state index contributed by atoms with van der Waals surface area (Å²) in [6.45, 7) is 3.43. The predicted octanol–water partition coefficient (Wildman–Crippen LogP) is 1.84. The van der Waals surface area contributed by atoms with Crippen molar-refractivity contribution < 1.29 is 14.3 Å². The fraction of sp³-hybridized carbons (Fsp3) is 0.600. The van der Waals surface area contributed by atoms with Crippen molar-refractivity contribution >= 4 is 17.5 Å². The summed E-state index contributed by atoms with van der Waals surface area (Å²) in [5.74, 6) is 0.265. The van der Waals surface area contributed by atoms with E-state index >= 15 is 0 Å². The molecule has 1 aromatic carbocycles. The van der Waals surface area contributed by atoms with Crippen molar-refractivity contribution in [3.63, 3.8) is 0 Å². The maximum Gasteiger partial charge on any atom is 0.228 e. The molecule has 1 aromatic rings. The number of benzene rings is 1. The number of nitrogens with zero attached hydrogens (tertiary/aromatic N) is 1. The van der Waals surface area contributed by atoms with Gasteiger partial charge in [-0.05, 0) is 56.5 Å². The van der Waals surface area contributed by atoms with Gasteiger partial charge in [0.2, 0.25) is 11.8 Å². The van der Waals surface area contributed by atoms with Gasteiger partial charge in [0, 0.05) is 32.3 Å². The van der Waals surface area contributed by atoms with Crippen molar-refractivity contribution in [3.8, 4) is 0 Å². The summed E-state index contributed by atoms with van der Waals surface area (Å²) in [5.41, 5.74) is 1.55. The minimum absolute atomic E-state index is 0.0659. The van der Waals surface area contributed by atoms with Crippen LogP contribution in [0, 0.1) is 5.41 Å². The van der Waals surface area contributed by atoms with Crippen molar-refractivity contribution in [1.29, 1.82) is 0 Å². The summed E-state index contributed by atoms with van der Waals surface area (Å²) < 4.78 is 5.32. The zero-order chi connectivity index (χ0) is 18.4. The number of methoxy groups -OCH3 is 1. The van der Waals surface area contributed by atoms with Crippen LogP contribution in [0.4, 0.5) is 5.69 Å². The third-order valence-corrected chi connectivity index (χ3v) is 5.49. The highest BCUT2D eigenvalue weighted by Gasteiger charge is 2.39. The first-order chi connectivity index (χ1) is 12.6. The smallest absolute Gasteiger partial charge is 0.228 e. The van der Waals surface area contributed by atoms with E-state index in [-0.39, 0.29) is 11.8 Å². The lowest BCUT2D eigenvalue weighted by Crippen LogP contribution is -2.49. The Morgan fingerprint density at radius 1 is 1.23 bits per heavy atom. The van der Waals surface area contributed by atoms with Crippen LogP contribution in [0.2, 0.25) is 0 Å². The molecule has 142 valence electrons. The molecule has 26 heavy (non-hydrogen) atoms. The molecule has 2 heterocycles. The molecule has 0 saturated carbocycles. The fourth-order valence-electron chi connectivity index (χ4n) is 3.86. The lowest BCUT2D eigenvalue weighted by Gasteiger charge is -2.35. The molecule has 2 aliphatic rings. The van der Waals surface area contributed by atoms with Crippen molar-refractivity contribution in [2.45, 2.75) is 38.6 Å². The SMILES string of the molecule is COCC1(C(=O)NCc2ccc(N3CCCCC3=O)cc2)CCNCC1. The summed E-state index contributed by atoms with van der Waals surface area (Å²) >= 11 is 0. The molecule has 0 aromatic heterocycles. The number of rotatable bonds is 6. The Balaban J connectivity index is 1.58. The third-order valence-electron chi connectivity index (χ3n) is 5.49. The maximum absolute atomic E-state index is 12.8. The predicted molar refractivity (Wildman–Crippen MR) is 101 cm³/mol. The van der Waals surface area contributed by atoms with Gasteiger partial charge in [-0.1, -0.05) is 12.1 Å². The summed E-state index contributed by atoms with van der Waals surface area (Å²) in [7, 11) is 1.65. The van der Waals surface area contributed by atoms with Crippen molar-refractivity contribution in [2.75, 3.05) is 38.3 Å². The maximum atomic E-state index is 12.8. The van der Waals surface area contributed by atoms with E-state index in [4.69, 9.17) is 4.74 Å². The van der Waals surface area contributed by atoms with Crippen molar-refractivity contribution in [1.82, 2.24) is 10.6 Å². The Bertz CT molecular complexity index is 618. The second-order valence-corrected chi connectivity index (χ2v) is 7.31. The van der Waals surface area contributed by atoms with Crippen LogP contribution in [0.1, 0.15) is 37.7 Å². The molecule has 2 N–H and O–H groups in total. The topological polar surface area (TPSA) is 70.7 Å². The number of carbonyl (C=O) groups is 2. The molecule has 2 fully saturated rings. The number of piperidine rings is 2. The second kappa shape index (κ2) is 8.64. The van der Waals surface area contributed by atoms with Gasteiger partial charge in [-0.25, -0.2) is 0 Å². The molecule has 0 atom stereocenters. The highest BCUT2D eigenvalue weighted by atomic mass is 16.5. The van der Waals surface area contributed by atoms with Crippen LogP contribution >= 0.6 is 0 Å². The van der Waals surface area contributed by atoms with E-state index in [1.54, 1.807) is 7.11 Å². The Labute approximate surface area is 155 Å². The van der Waals surface area contributed by atoms with Crippen LogP contribution in [0.15, 0.2) is 24.3 Å². The standard InChI is InChI=1S/C20H29N3O3/c1-26-15-20(9-11-21-12-10-20)19(25)22-14-16-5-7-17(8-6-16)23-13-3-2-4-18(23)24/h5-8,21H,2-4,9-15H2,1H3,(H,22,25). The summed E-state index contributed by atoms with van der Waals surface area (Å²) in [4.78, 5) is 26.6. The number of nitrogens with one attached hydrogen (secondary N) is 2. The molecule has 0 radical (unpaired) electrons. The van der Waals surface area contributed by atoms with Crippen LogP contribution in [0.25, 0.3) is 0 Å². The Hall–Kier alpha value is -1.92. The van der Waals surface area contributed by atoms with Gasteiger partial charge < -0.3 is 20.3 Å². The zero-order valence-electron chi connectivity index (χ0n) is 15.6. The molecular weight excluding hydrogens is 330 g/mol. The summed E-state index contributed by atoms with van der Waals surface area (Å²) in [5, 5.41) is 6.37. The van der Waals surface area contributed by atoms with E-state index in [0.29, 0.717) is 19.6 Å². The number of hydrogen-bond acceptors (Lipinski definition) is 4. The van der Waals surface area contributed by atoms with Crippen LogP contribution in [0.5, 0.6) is 0 Å². The van der Waals surface area contributed by atoms with Gasteiger partial charge >= 0.3 is 0 Å². The minimum Gasteiger partial charge on any atom is -0.384 e. The zero-order valence-corrected chi connectivity index (χ0v) is 15.6.